The van der Waals surface area contributed by atoms with E-state index in [9.17, 15) is 14.4 Å². The van der Waals surface area contributed by atoms with Crippen molar-refractivity contribution in [2.45, 2.75) is 26.3 Å². The number of rotatable bonds is 5. The van der Waals surface area contributed by atoms with Crippen molar-refractivity contribution in [2.24, 2.45) is 0 Å². The Morgan fingerprint density at radius 3 is 2.33 bits per heavy atom. The van der Waals surface area contributed by atoms with Gasteiger partial charge in [-0.25, -0.2) is 4.68 Å². The fraction of sp³-hybridized carbons (Fsp3) is 0.421. The molecule has 8 nitrogen and oxygen atoms in total. The summed E-state index contributed by atoms with van der Waals surface area (Å²) in [4.78, 5) is 43.2. The van der Waals surface area contributed by atoms with Crippen molar-refractivity contribution < 1.29 is 9.59 Å². The largest absolute Gasteiger partial charge is 0.339 e. The number of aromatic nitrogens is 3. The quantitative estimate of drug-likeness (QED) is 0.777. The first-order valence-electron chi connectivity index (χ1n) is 9.06. The lowest BCUT2D eigenvalue weighted by atomic mass is 10.2. The van der Waals surface area contributed by atoms with Gasteiger partial charge in [0.05, 0.1) is 5.69 Å². The van der Waals surface area contributed by atoms with E-state index in [1.54, 1.807) is 35.2 Å². The van der Waals surface area contributed by atoms with Crippen LogP contribution in [-0.4, -0.2) is 62.6 Å². The maximum absolute atomic E-state index is 12.3. The molecule has 0 aromatic carbocycles. The van der Waals surface area contributed by atoms with Gasteiger partial charge in [0.15, 0.2) is 0 Å². The van der Waals surface area contributed by atoms with E-state index >= 15 is 0 Å². The molecule has 0 N–H and O–H groups in total. The molecule has 3 rings (SSSR count). The third kappa shape index (κ3) is 4.78. The topological polar surface area (TPSA) is 88.4 Å². The summed E-state index contributed by atoms with van der Waals surface area (Å²) in [6.45, 7) is 4.22. The SMILES string of the molecule is CC(=O)N1CCN(C(=O)CCCn2nc(-c3ccncc3)ccc2=O)CC1. The third-order valence-electron chi connectivity index (χ3n) is 4.68. The number of pyridine rings is 1. The van der Waals surface area contributed by atoms with E-state index in [1.165, 1.54) is 10.7 Å². The molecule has 0 aliphatic carbocycles. The summed E-state index contributed by atoms with van der Waals surface area (Å²) in [5, 5.41) is 4.39. The molecule has 142 valence electrons. The monoisotopic (exact) mass is 369 g/mol. The van der Waals surface area contributed by atoms with E-state index in [0.717, 1.165) is 5.56 Å². The highest BCUT2D eigenvalue weighted by Gasteiger charge is 2.21. The van der Waals surface area contributed by atoms with Crippen LogP contribution in [0.1, 0.15) is 19.8 Å². The molecule has 2 aromatic rings. The van der Waals surface area contributed by atoms with Gasteiger partial charge in [-0.1, -0.05) is 0 Å². The molecule has 1 aliphatic rings. The molecule has 2 aromatic heterocycles. The number of carbonyl (C=O) groups excluding carboxylic acids is 2. The van der Waals surface area contributed by atoms with E-state index in [0.29, 0.717) is 51.3 Å². The van der Waals surface area contributed by atoms with Crippen LogP contribution in [0.3, 0.4) is 0 Å². The number of amides is 2. The van der Waals surface area contributed by atoms with Gasteiger partial charge in [0.1, 0.15) is 0 Å². The second kappa shape index (κ2) is 8.57. The van der Waals surface area contributed by atoms with Crippen molar-refractivity contribution >= 4 is 11.8 Å². The van der Waals surface area contributed by atoms with Crippen molar-refractivity contribution in [3.05, 3.63) is 47.0 Å². The van der Waals surface area contributed by atoms with Crippen molar-refractivity contribution in [3.63, 3.8) is 0 Å². The van der Waals surface area contributed by atoms with E-state index < -0.39 is 0 Å². The number of hydrogen-bond acceptors (Lipinski definition) is 5. The molecule has 3 heterocycles. The average Bonchev–Trinajstić information content (AvgIpc) is 2.70. The second-order valence-corrected chi connectivity index (χ2v) is 6.51. The standard InChI is InChI=1S/C19H23N5O3/c1-15(25)22-11-13-23(14-12-22)18(26)3-2-10-24-19(27)5-4-17(21-24)16-6-8-20-9-7-16/h4-9H,2-3,10-14H2,1H3. The number of carbonyl (C=O) groups is 2. The Labute approximate surface area is 157 Å². The molecule has 0 radical (unpaired) electrons. The minimum Gasteiger partial charge on any atom is -0.339 e. The van der Waals surface area contributed by atoms with Gasteiger partial charge in [0.2, 0.25) is 11.8 Å². The molecular weight excluding hydrogens is 346 g/mol. The first-order valence-corrected chi connectivity index (χ1v) is 9.06. The summed E-state index contributed by atoms with van der Waals surface area (Å²) in [5.41, 5.74) is 1.40. The van der Waals surface area contributed by atoms with Crippen LogP contribution in [0.2, 0.25) is 0 Å². The Hall–Kier alpha value is -3.03. The predicted molar refractivity (Wildman–Crippen MR) is 99.8 cm³/mol. The maximum Gasteiger partial charge on any atom is 0.266 e. The summed E-state index contributed by atoms with van der Waals surface area (Å²) in [6, 6.07) is 6.85. The van der Waals surface area contributed by atoms with Crippen molar-refractivity contribution in [2.75, 3.05) is 26.2 Å². The van der Waals surface area contributed by atoms with Crippen molar-refractivity contribution in [1.82, 2.24) is 24.6 Å². The van der Waals surface area contributed by atoms with Crippen LogP contribution in [0.4, 0.5) is 0 Å². The van der Waals surface area contributed by atoms with E-state index in [-0.39, 0.29) is 17.4 Å². The molecule has 1 aliphatic heterocycles. The van der Waals surface area contributed by atoms with Gasteiger partial charge in [0, 0.05) is 70.1 Å². The van der Waals surface area contributed by atoms with Crippen LogP contribution in [0, 0.1) is 0 Å². The fourth-order valence-corrected chi connectivity index (χ4v) is 3.09. The highest BCUT2D eigenvalue weighted by molar-refractivity contribution is 5.77. The number of aryl methyl sites for hydroxylation is 1. The fourth-order valence-electron chi connectivity index (χ4n) is 3.09. The highest BCUT2D eigenvalue weighted by Crippen LogP contribution is 2.13. The molecule has 27 heavy (non-hydrogen) atoms. The van der Waals surface area contributed by atoms with E-state index in [1.807, 2.05) is 12.1 Å². The molecule has 0 atom stereocenters. The van der Waals surface area contributed by atoms with Crippen LogP contribution in [0.25, 0.3) is 11.3 Å². The smallest absolute Gasteiger partial charge is 0.266 e. The molecule has 8 heteroatoms. The average molecular weight is 369 g/mol. The Balaban J connectivity index is 1.54. The van der Waals surface area contributed by atoms with Gasteiger partial charge in [0.25, 0.3) is 5.56 Å². The van der Waals surface area contributed by atoms with Gasteiger partial charge in [-0.2, -0.15) is 5.10 Å². The summed E-state index contributed by atoms with van der Waals surface area (Å²) in [6.07, 6.45) is 4.25. The van der Waals surface area contributed by atoms with Gasteiger partial charge < -0.3 is 9.80 Å². The molecule has 1 fully saturated rings. The Bertz CT molecular complexity index is 857. The molecule has 0 saturated carbocycles. The molecule has 0 unspecified atom stereocenters. The molecular formula is C19H23N5O3. The normalized spacial score (nSPS) is 14.3. The number of piperazine rings is 1. The third-order valence-corrected chi connectivity index (χ3v) is 4.68. The van der Waals surface area contributed by atoms with Crippen molar-refractivity contribution in [3.8, 4) is 11.3 Å². The summed E-state index contributed by atoms with van der Waals surface area (Å²) in [5.74, 6) is 0.0955. The number of hydrogen-bond donors (Lipinski definition) is 0. The van der Waals surface area contributed by atoms with Crippen LogP contribution >= 0.6 is 0 Å². The summed E-state index contributed by atoms with van der Waals surface area (Å²) >= 11 is 0. The lowest BCUT2D eigenvalue weighted by Gasteiger charge is -2.34. The minimum atomic E-state index is -0.185. The zero-order chi connectivity index (χ0) is 19.2. The molecule has 0 spiro atoms. The molecule has 0 bridgehead atoms. The molecule has 2 amide bonds. The lowest BCUT2D eigenvalue weighted by Crippen LogP contribution is -2.50. The highest BCUT2D eigenvalue weighted by atomic mass is 16.2. The first kappa shape index (κ1) is 18.8. The van der Waals surface area contributed by atoms with Gasteiger partial charge in [-0.15, -0.1) is 0 Å². The number of nitrogens with zero attached hydrogens (tertiary/aromatic N) is 5. The lowest BCUT2D eigenvalue weighted by molar-refractivity contribution is -0.138. The molecule has 1 saturated heterocycles. The van der Waals surface area contributed by atoms with Gasteiger partial charge >= 0.3 is 0 Å². The summed E-state index contributed by atoms with van der Waals surface area (Å²) < 4.78 is 1.40. The first-order chi connectivity index (χ1) is 13.0. The van der Waals surface area contributed by atoms with Gasteiger partial charge in [-0.05, 0) is 24.6 Å². The van der Waals surface area contributed by atoms with Crippen LogP contribution in [-0.2, 0) is 16.1 Å². The maximum atomic E-state index is 12.3. The Morgan fingerprint density at radius 2 is 1.67 bits per heavy atom. The van der Waals surface area contributed by atoms with Crippen LogP contribution < -0.4 is 5.56 Å². The zero-order valence-electron chi connectivity index (χ0n) is 15.4. The van der Waals surface area contributed by atoms with Gasteiger partial charge in [-0.3, -0.25) is 19.4 Å². The van der Waals surface area contributed by atoms with E-state index in [2.05, 4.69) is 10.1 Å². The zero-order valence-corrected chi connectivity index (χ0v) is 15.4. The van der Waals surface area contributed by atoms with Crippen LogP contribution in [0.15, 0.2) is 41.5 Å². The Morgan fingerprint density at radius 1 is 1.00 bits per heavy atom. The minimum absolute atomic E-state index is 0.0432. The Kier molecular flexibility index (Phi) is 5.95. The second-order valence-electron chi connectivity index (χ2n) is 6.51. The summed E-state index contributed by atoms with van der Waals surface area (Å²) in [7, 11) is 0. The van der Waals surface area contributed by atoms with Crippen molar-refractivity contribution in [1.29, 1.82) is 0 Å². The van der Waals surface area contributed by atoms with E-state index in [4.69, 9.17) is 0 Å². The van der Waals surface area contributed by atoms with Crippen LogP contribution in [0.5, 0.6) is 0 Å². The predicted octanol–water partition coefficient (Wildman–Crippen LogP) is 0.776.